The van der Waals surface area contributed by atoms with Gasteiger partial charge in [-0.2, -0.15) is 0 Å². The van der Waals surface area contributed by atoms with Gasteiger partial charge in [-0.3, -0.25) is 4.79 Å². The molecule has 0 saturated carbocycles. The maximum Gasteiger partial charge on any atom is 0.237 e. The van der Waals surface area contributed by atoms with E-state index in [-0.39, 0.29) is 11.9 Å². The molecule has 2 atom stereocenters. The van der Waals surface area contributed by atoms with Gasteiger partial charge in [-0.05, 0) is 18.8 Å². The molecule has 3 nitrogen and oxygen atoms in total. The molecule has 2 unspecified atom stereocenters. The summed E-state index contributed by atoms with van der Waals surface area (Å²) in [5.74, 6) is 0.340. The Balaban J connectivity index is 2.55. The number of carbonyl (C=O) groups excluding carboxylic acids is 1. The van der Waals surface area contributed by atoms with Crippen LogP contribution in [0.2, 0.25) is 0 Å². The van der Waals surface area contributed by atoms with Gasteiger partial charge in [0.2, 0.25) is 5.91 Å². The third kappa shape index (κ3) is 1.48. The van der Waals surface area contributed by atoms with Crippen molar-refractivity contribution in [3.05, 3.63) is 0 Å². The van der Waals surface area contributed by atoms with E-state index in [9.17, 15) is 4.79 Å². The molecule has 58 valence electrons. The van der Waals surface area contributed by atoms with E-state index < -0.39 is 0 Å². The number of nitrogens with one attached hydrogen (secondary N) is 1. The lowest BCUT2D eigenvalue weighted by atomic mass is 9.99. The van der Waals surface area contributed by atoms with Crippen LogP contribution in [-0.2, 0) is 4.79 Å². The van der Waals surface area contributed by atoms with Crippen molar-refractivity contribution < 1.29 is 4.79 Å². The average molecular weight is 142 g/mol. The first-order valence-corrected chi connectivity index (χ1v) is 3.75. The number of nitrogens with two attached hydrogens (primary N) is 1. The molecule has 1 aliphatic rings. The van der Waals surface area contributed by atoms with Crippen LogP contribution in [0.5, 0.6) is 0 Å². The van der Waals surface area contributed by atoms with E-state index >= 15 is 0 Å². The molecule has 1 heterocycles. The molecule has 0 spiro atoms. The van der Waals surface area contributed by atoms with Gasteiger partial charge in [0.15, 0.2) is 0 Å². The minimum Gasteiger partial charge on any atom is -0.355 e. The van der Waals surface area contributed by atoms with Crippen LogP contribution in [0, 0.1) is 5.92 Å². The Labute approximate surface area is 61.0 Å². The Kier molecular flexibility index (Phi) is 2.27. The molecule has 0 radical (unpaired) electrons. The maximum atomic E-state index is 11.0. The molecule has 3 N–H and O–H groups in total. The third-order valence-electron chi connectivity index (χ3n) is 2.05. The molecule has 1 rings (SSSR count). The highest BCUT2D eigenvalue weighted by Gasteiger charge is 2.22. The van der Waals surface area contributed by atoms with Crippen molar-refractivity contribution in [2.75, 3.05) is 6.54 Å². The number of rotatable bonds is 0. The zero-order valence-corrected chi connectivity index (χ0v) is 6.26. The predicted octanol–water partition coefficient (Wildman–Crippen LogP) is -0.140. The highest BCUT2D eigenvalue weighted by Crippen LogP contribution is 2.11. The lowest BCUT2D eigenvalue weighted by molar-refractivity contribution is -0.122. The van der Waals surface area contributed by atoms with Gasteiger partial charge in [0.1, 0.15) is 0 Å². The molecule has 1 fully saturated rings. The molecule has 0 aromatic rings. The van der Waals surface area contributed by atoms with Crippen molar-refractivity contribution in [1.82, 2.24) is 5.32 Å². The Bertz CT molecular complexity index is 136. The molecular weight excluding hydrogens is 128 g/mol. The SMILES string of the molecule is CC1CCCNC(=O)C1N. The van der Waals surface area contributed by atoms with Gasteiger partial charge in [0.05, 0.1) is 6.04 Å². The van der Waals surface area contributed by atoms with E-state index in [0.717, 1.165) is 19.4 Å². The fourth-order valence-corrected chi connectivity index (χ4v) is 1.19. The second-order valence-corrected chi connectivity index (χ2v) is 2.94. The first kappa shape index (κ1) is 7.54. The summed E-state index contributed by atoms with van der Waals surface area (Å²) >= 11 is 0. The zero-order valence-electron chi connectivity index (χ0n) is 6.26. The van der Waals surface area contributed by atoms with Crippen molar-refractivity contribution in [2.24, 2.45) is 11.7 Å². The molecule has 0 bridgehead atoms. The molecule has 1 aliphatic heterocycles. The summed E-state index contributed by atoms with van der Waals surface area (Å²) in [5, 5.41) is 2.76. The summed E-state index contributed by atoms with van der Waals surface area (Å²) in [7, 11) is 0. The van der Waals surface area contributed by atoms with Crippen molar-refractivity contribution in [2.45, 2.75) is 25.8 Å². The van der Waals surface area contributed by atoms with Gasteiger partial charge in [0, 0.05) is 6.54 Å². The summed E-state index contributed by atoms with van der Waals surface area (Å²) in [4.78, 5) is 11.0. The van der Waals surface area contributed by atoms with Crippen LogP contribution in [0.4, 0.5) is 0 Å². The highest BCUT2D eigenvalue weighted by atomic mass is 16.2. The van der Waals surface area contributed by atoms with Gasteiger partial charge >= 0.3 is 0 Å². The van der Waals surface area contributed by atoms with Gasteiger partial charge in [-0.15, -0.1) is 0 Å². The van der Waals surface area contributed by atoms with E-state index in [1.807, 2.05) is 6.92 Å². The second kappa shape index (κ2) is 3.01. The summed E-state index contributed by atoms with van der Waals surface area (Å²) < 4.78 is 0. The van der Waals surface area contributed by atoms with Crippen LogP contribution >= 0.6 is 0 Å². The number of carbonyl (C=O) groups is 1. The standard InChI is InChI=1S/C7H14N2O/c1-5-3-2-4-9-7(10)6(5)8/h5-6H,2-4,8H2,1H3,(H,9,10). The van der Waals surface area contributed by atoms with E-state index in [1.165, 1.54) is 0 Å². The molecule has 3 heteroatoms. The van der Waals surface area contributed by atoms with Crippen molar-refractivity contribution in [3.63, 3.8) is 0 Å². The van der Waals surface area contributed by atoms with Crippen molar-refractivity contribution in [1.29, 1.82) is 0 Å². The minimum atomic E-state index is -0.289. The van der Waals surface area contributed by atoms with E-state index in [2.05, 4.69) is 5.32 Å². The van der Waals surface area contributed by atoms with Crippen molar-refractivity contribution >= 4 is 5.91 Å². The molecule has 10 heavy (non-hydrogen) atoms. The lowest BCUT2D eigenvalue weighted by Crippen LogP contribution is -2.42. The van der Waals surface area contributed by atoms with Crippen LogP contribution in [0.1, 0.15) is 19.8 Å². The van der Waals surface area contributed by atoms with Gasteiger partial charge in [0.25, 0.3) is 0 Å². The summed E-state index contributed by atoms with van der Waals surface area (Å²) in [6, 6.07) is -0.289. The Hall–Kier alpha value is -0.570. The first-order chi connectivity index (χ1) is 4.72. The fraction of sp³-hybridized carbons (Fsp3) is 0.857. The number of amides is 1. The average Bonchev–Trinajstić information content (AvgIpc) is 2.04. The van der Waals surface area contributed by atoms with Crippen molar-refractivity contribution in [3.8, 4) is 0 Å². The fourth-order valence-electron chi connectivity index (χ4n) is 1.19. The smallest absolute Gasteiger partial charge is 0.237 e. The lowest BCUT2D eigenvalue weighted by Gasteiger charge is -2.13. The molecule has 0 aromatic carbocycles. The third-order valence-corrected chi connectivity index (χ3v) is 2.05. The van der Waals surface area contributed by atoms with E-state index in [4.69, 9.17) is 5.73 Å². The normalized spacial score (nSPS) is 34.8. The Morgan fingerprint density at radius 2 is 2.40 bits per heavy atom. The van der Waals surface area contributed by atoms with Crippen LogP contribution in [0.25, 0.3) is 0 Å². The van der Waals surface area contributed by atoms with E-state index in [1.54, 1.807) is 0 Å². The summed E-state index contributed by atoms with van der Waals surface area (Å²) in [5.41, 5.74) is 5.61. The topological polar surface area (TPSA) is 55.1 Å². The number of hydrogen-bond donors (Lipinski definition) is 2. The quantitative estimate of drug-likeness (QED) is 0.494. The monoisotopic (exact) mass is 142 g/mol. The van der Waals surface area contributed by atoms with Gasteiger partial charge in [-0.1, -0.05) is 6.92 Å². The zero-order chi connectivity index (χ0) is 7.56. The van der Waals surface area contributed by atoms with Crippen LogP contribution in [-0.4, -0.2) is 18.5 Å². The summed E-state index contributed by atoms with van der Waals surface area (Å²) in [6.45, 7) is 2.81. The first-order valence-electron chi connectivity index (χ1n) is 3.75. The largest absolute Gasteiger partial charge is 0.355 e. The Morgan fingerprint density at radius 1 is 1.70 bits per heavy atom. The number of hydrogen-bond acceptors (Lipinski definition) is 2. The highest BCUT2D eigenvalue weighted by molar-refractivity contribution is 5.81. The molecule has 1 amide bonds. The van der Waals surface area contributed by atoms with Crippen LogP contribution < -0.4 is 11.1 Å². The maximum absolute atomic E-state index is 11.0. The molecule has 1 saturated heterocycles. The van der Waals surface area contributed by atoms with E-state index in [0.29, 0.717) is 5.92 Å². The predicted molar refractivity (Wildman–Crippen MR) is 39.4 cm³/mol. The van der Waals surface area contributed by atoms with Crippen LogP contribution in [0.3, 0.4) is 0 Å². The summed E-state index contributed by atoms with van der Waals surface area (Å²) in [6.07, 6.45) is 2.11. The molecule has 0 aromatic heterocycles. The van der Waals surface area contributed by atoms with Crippen LogP contribution in [0.15, 0.2) is 0 Å². The molecule has 0 aliphatic carbocycles. The Morgan fingerprint density at radius 3 is 3.10 bits per heavy atom. The van der Waals surface area contributed by atoms with Gasteiger partial charge in [-0.25, -0.2) is 0 Å². The van der Waals surface area contributed by atoms with Gasteiger partial charge < -0.3 is 11.1 Å². The second-order valence-electron chi connectivity index (χ2n) is 2.94. The minimum absolute atomic E-state index is 0.00463. The molecular formula is C7H14N2O.